The summed E-state index contributed by atoms with van der Waals surface area (Å²) in [4.78, 5) is 11.9. The number of carbonyl (C=O) groups is 1. The Balaban J connectivity index is 1.89. The van der Waals surface area contributed by atoms with E-state index in [1.165, 1.54) is 12.8 Å². The number of benzene rings is 1. The van der Waals surface area contributed by atoms with Crippen LogP contribution < -0.4 is 10.1 Å². The van der Waals surface area contributed by atoms with Gasteiger partial charge in [0.15, 0.2) is 0 Å². The highest BCUT2D eigenvalue weighted by Crippen LogP contribution is 2.29. The van der Waals surface area contributed by atoms with Crippen LogP contribution in [0, 0.1) is 17.2 Å². The Morgan fingerprint density at radius 2 is 2.16 bits per heavy atom. The summed E-state index contributed by atoms with van der Waals surface area (Å²) in [5.41, 5.74) is 0.549. The average Bonchev–Trinajstić information content (AvgIpc) is 3.27. The molecule has 1 atom stereocenters. The van der Waals surface area contributed by atoms with Crippen molar-refractivity contribution in [3.8, 4) is 11.8 Å². The summed E-state index contributed by atoms with van der Waals surface area (Å²) in [6.45, 7) is 2.63. The van der Waals surface area contributed by atoms with E-state index in [0.29, 0.717) is 17.9 Å². The van der Waals surface area contributed by atoms with Crippen molar-refractivity contribution >= 4 is 5.91 Å². The van der Waals surface area contributed by atoms with Crippen LogP contribution in [0.3, 0.4) is 0 Å². The van der Waals surface area contributed by atoms with Crippen molar-refractivity contribution in [2.75, 3.05) is 6.61 Å². The monoisotopic (exact) mass is 258 g/mol. The van der Waals surface area contributed by atoms with Gasteiger partial charge in [-0.2, -0.15) is 5.26 Å². The predicted octanol–water partition coefficient (Wildman–Crippen LogP) is 2.51. The van der Waals surface area contributed by atoms with Gasteiger partial charge in [0.2, 0.25) is 0 Å². The largest absolute Gasteiger partial charge is 0.493 e. The second-order valence-corrected chi connectivity index (χ2v) is 4.84. The summed E-state index contributed by atoms with van der Waals surface area (Å²) in [5, 5.41) is 11.5. The second kappa shape index (κ2) is 6.24. The Bertz CT molecular complexity index is 472. The van der Waals surface area contributed by atoms with Crippen molar-refractivity contribution in [2.24, 2.45) is 5.92 Å². The van der Waals surface area contributed by atoms with E-state index in [9.17, 15) is 4.79 Å². The molecular weight excluding hydrogens is 240 g/mol. The Morgan fingerprint density at radius 3 is 2.68 bits per heavy atom. The number of nitriles is 1. The number of rotatable bonds is 6. The van der Waals surface area contributed by atoms with Gasteiger partial charge in [0, 0.05) is 5.56 Å². The lowest BCUT2D eigenvalue weighted by Crippen LogP contribution is -2.33. The molecule has 19 heavy (non-hydrogen) atoms. The molecule has 1 aliphatic rings. The van der Waals surface area contributed by atoms with Gasteiger partial charge in [-0.1, -0.05) is 6.92 Å². The molecule has 0 aromatic heterocycles. The van der Waals surface area contributed by atoms with Gasteiger partial charge in [-0.25, -0.2) is 0 Å². The van der Waals surface area contributed by atoms with Gasteiger partial charge in [-0.3, -0.25) is 4.79 Å². The first-order valence-electron chi connectivity index (χ1n) is 6.66. The SMILES string of the molecule is CC[C@H](C#N)NC(=O)c1ccc(OCC2CC2)cc1. The molecule has 1 N–H and O–H groups in total. The van der Waals surface area contributed by atoms with Crippen LogP contribution in [-0.4, -0.2) is 18.6 Å². The summed E-state index contributed by atoms with van der Waals surface area (Å²) in [5.74, 6) is 1.28. The van der Waals surface area contributed by atoms with E-state index < -0.39 is 6.04 Å². The zero-order valence-corrected chi connectivity index (χ0v) is 11.1. The van der Waals surface area contributed by atoms with E-state index in [2.05, 4.69) is 5.32 Å². The van der Waals surface area contributed by atoms with E-state index in [-0.39, 0.29) is 5.91 Å². The molecule has 1 amide bonds. The van der Waals surface area contributed by atoms with Crippen LogP contribution in [0.25, 0.3) is 0 Å². The first-order valence-corrected chi connectivity index (χ1v) is 6.66. The fraction of sp³-hybridized carbons (Fsp3) is 0.467. The van der Waals surface area contributed by atoms with Crippen LogP contribution in [0.4, 0.5) is 0 Å². The molecule has 0 unspecified atom stereocenters. The molecule has 1 fully saturated rings. The predicted molar refractivity (Wildman–Crippen MR) is 71.8 cm³/mol. The topological polar surface area (TPSA) is 62.1 Å². The molecule has 0 radical (unpaired) electrons. The van der Waals surface area contributed by atoms with Crippen LogP contribution >= 0.6 is 0 Å². The number of carbonyl (C=O) groups excluding carboxylic acids is 1. The van der Waals surface area contributed by atoms with E-state index in [1.807, 2.05) is 13.0 Å². The zero-order valence-electron chi connectivity index (χ0n) is 11.1. The summed E-state index contributed by atoms with van der Waals surface area (Å²) in [7, 11) is 0. The Morgan fingerprint density at radius 1 is 1.47 bits per heavy atom. The maximum atomic E-state index is 11.9. The standard InChI is InChI=1S/C15H18N2O2/c1-2-13(9-16)17-15(18)12-5-7-14(8-6-12)19-10-11-3-4-11/h5-8,11,13H,2-4,10H2,1H3,(H,17,18)/t13-/m1/s1. The minimum Gasteiger partial charge on any atom is -0.493 e. The van der Waals surface area contributed by atoms with Crippen molar-refractivity contribution in [1.82, 2.24) is 5.32 Å². The van der Waals surface area contributed by atoms with Crippen LogP contribution in [-0.2, 0) is 0 Å². The first-order chi connectivity index (χ1) is 9.22. The van der Waals surface area contributed by atoms with Crippen LogP contribution in [0.5, 0.6) is 5.75 Å². The highest BCUT2D eigenvalue weighted by molar-refractivity contribution is 5.94. The molecular formula is C15H18N2O2. The minimum absolute atomic E-state index is 0.220. The number of hydrogen-bond donors (Lipinski definition) is 1. The van der Waals surface area contributed by atoms with Crippen molar-refractivity contribution in [2.45, 2.75) is 32.2 Å². The fourth-order valence-electron chi connectivity index (χ4n) is 1.67. The fourth-order valence-corrected chi connectivity index (χ4v) is 1.67. The van der Waals surface area contributed by atoms with Gasteiger partial charge in [-0.05, 0) is 49.4 Å². The van der Waals surface area contributed by atoms with Crippen molar-refractivity contribution < 1.29 is 9.53 Å². The average molecular weight is 258 g/mol. The molecule has 1 aliphatic carbocycles. The van der Waals surface area contributed by atoms with Crippen molar-refractivity contribution in [1.29, 1.82) is 5.26 Å². The van der Waals surface area contributed by atoms with Crippen molar-refractivity contribution in [3.63, 3.8) is 0 Å². The normalized spacial score (nSPS) is 15.4. The molecule has 1 saturated carbocycles. The quantitative estimate of drug-likeness (QED) is 0.852. The van der Waals surface area contributed by atoms with Gasteiger partial charge < -0.3 is 10.1 Å². The molecule has 0 spiro atoms. The third-order valence-corrected chi connectivity index (χ3v) is 3.17. The second-order valence-electron chi connectivity index (χ2n) is 4.84. The Labute approximate surface area is 113 Å². The highest BCUT2D eigenvalue weighted by atomic mass is 16.5. The zero-order chi connectivity index (χ0) is 13.7. The van der Waals surface area contributed by atoms with E-state index in [0.717, 1.165) is 12.4 Å². The third-order valence-electron chi connectivity index (χ3n) is 3.17. The lowest BCUT2D eigenvalue weighted by atomic mass is 10.1. The van der Waals surface area contributed by atoms with Crippen LogP contribution in [0.1, 0.15) is 36.5 Å². The Hall–Kier alpha value is -2.02. The minimum atomic E-state index is -0.432. The van der Waals surface area contributed by atoms with Gasteiger partial charge in [0.25, 0.3) is 5.91 Å². The van der Waals surface area contributed by atoms with Gasteiger partial charge in [0.05, 0.1) is 12.7 Å². The molecule has 0 bridgehead atoms. The number of amides is 1. The number of hydrogen-bond acceptors (Lipinski definition) is 3. The molecule has 2 rings (SSSR count). The third kappa shape index (κ3) is 3.99. The van der Waals surface area contributed by atoms with Crippen molar-refractivity contribution in [3.05, 3.63) is 29.8 Å². The maximum absolute atomic E-state index is 11.9. The molecule has 4 heteroatoms. The molecule has 0 aliphatic heterocycles. The lowest BCUT2D eigenvalue weighted by Gasteiger charge is -2.10. The number of nitrogens with zero attached hydrogens (tertiary/aromatic N) is 1. The molecule has 0 saturated heterocycles. The van der Waals surface area contributed by atoms with Crippen LogP contribution in [0.2, 0.25) is 0 Å². The van der Waals surface area contributed by atoms with Gasteiger partial charge >= 0.3 is 0 Å². The number of nitrogens with one attached hydrogen (secondary N) is 1. The summed E-state index contributed by atoms with van der Waals surface area (Å²) < 4.78 is 5.60. The summed E-state index contributed by atoms with van der Waals surface area (Å²) in [6.07, 6.45) is 3.12. The molecule has 1 aromatic rings. The molecule has 0 heterocycles. The molecule has 100 valence electrons. The molecule has 1 aromatic carbocycles. The maximum Gasteiger partial charge on any atom is 0.252 e. The smallest absolute Gasteiger partial charge is 0.252 e. The van der Waals surface area contributed by atoms with E-state index in [1.54, 1.807) is 24.3 Å². The Kier molecular flexibility index (Phi) is 4.40. The van der Waals surface area contributed by atoms with Crippen LogP contribution in [0.15, 0.2) is 24.3 Å². The number of ether oxygens (including phenoxy) is 1. The van der Waals surface area contributed by atoms with E-state index in [4.69, 9.17) is 10.00 Å². The van der Waals surface area contributed by atoms with E-state index >= 15 is 0 Å². The molecule has 4 nitrogen and oxygen atoms in total. The summed E-state index contributed by atoms with van der Waals surface area (Å²) in [6, 6.07) is 8.65. The summed E-state index contributed by atoms with van der Waals surface area (Å²) >= 11 is 0. The highest BCUT2D eigenvalue weighted by Gasteiger charge is 2.21. The lowest BCUT2D eigenvalue weighted by molar-refractivity contribution is 0.0944. The first kappa shape index (κ1) is 13.4. The van der Waals surface area contributed by atoms with Gasteiger partial charge in [0.1, 0.15) is 11.8 Å². The van der Waals surface area contributed by atoms with Gasteiger partial charge in [-0.15, -0.1) is 0 Å².